The van der Waals surface area contributed by atoms with Crippen molar-refractivity contribution in [3.05, 3.63) is 89.5 Å². The molecule has 7 heteroatoms. The molecule has 0 spiro atoms. The fourth-order valence-electron chi connectivity index (χ4n) is 4.50. The quantitative estimate of drug-likeness (QED) is 0.662. The zero-order chi connectivity index (χ0) is 21.9. The van der Waals surface area contributed by atoms with E-state index in [9.17, 15) is 10.2 Å². The zero-order valence-electron chi connectivity index (χ0n) is 17.1. The number of benzene rings is 3. The van der Waals surface area contributed by atoms with E-state index in [4.69, 9.17) is 14.7 Å². The molecular formula is C25H18N4O3. The second-order valence-electron chi connectivity index (χ2n) is 7.67. The van der Waals surface area contributed by atoms with Crippen LogP contribution in [-0.4, -0.2) is 40.2 Å². The standard InChI is InChI=1S/C25H18N4O3/c1-32-17-9-6-15(7-10-17)25(19-11-8-16(30)14-22(19)31)23-27-20-5-3-2-4-18(20)21-12-13-26-24(28-25)29(21)23/h2-14,30-31H,1H3. The lowest BCUT2D eigenvalue weighted by atomic mass is 9.81. The number of amidine groups is 1. The van der Waals surface area contributed by atoms with Crippen LogP contribution in [0.3, 0.4) is 0 Å². The Morgan fingerprint density at radius 2 is 1.78 bits per heavy atom. The Morgan fingerprint density at radius 3 is 2.56 bits per heavy atom. The number of methoxy groups -OCH3 is 1. The fraction of sp³-hybridized carbons (Fsp3) is 0.0800. The summed E-state index contributed by atoms with van der Waals surface area (Å²) in [5.41, 5.74) is 2.83. The number of aromatic hydroxyl groups is 2. The van der Waals surface area contributed by atoms with Gasteiger partial charge in [-0.05, 0) is 42.0 Å². The highest BCUT2D eigenvalue weighted by atomic mass is 16.5. The number of hydrogen-bond acceptors (Lipinski definition) is 7. The topological polar surface area (TPSA) is 90.0 Å². The Morgan fingerprint density at radius 1 is 0.969 bits per heavy atom. The Hall–Kier alpha value is -4.39. The maximum Gasteiger partial charge on any atom is 0.232 e. The molecule has 156 valence electrons. The summed E-state index contributed by atoms with van der Waals surface area (Å²) in [6, 6.07) is 19.9. The molecule has 0 fully saturated rings. The highest BCUT2D eigenvalue weighted by molar-refractivity contribution is 6.24. The first-order valence-corrected chi connectivity index (χ1v) is 10.1. The van der Waals surface area contributed by atoms with Crippen molar-refractivity contribution < 1.29 is 14.9 Å². The van der Waals surface area contributed by atoms with Crippen molar-refractivity contribution in [1.29, 1.82) is 0 Å². The van der Waals surface area contributed by atoms with Crippen molar-refractivity contribution in [3.63, 3.8) is 0 Å². The lowest BCUT2D eigenvalue weighted by Crippen LogP contribution is -2.42. The van der Waals surface area contributed by atoms with Crippen molar-refractivity contribution in [2.24, 2.45) is 15.0 Å². The third-order valence-electron chi connectivity index (χ3n) is 5.95. The van der Waals surface area contributed by atoms with E-state index in [2.05, 4.69) is 4.99 Å². The molecule has 0 saturated carbocycles. The monoisotopic (exact) mass is 422 g/mol. The normalized spacial score (nSPS) is 20.2. The fourth-order valence-corrected chi connectivity index (χ4v) is 4.50. The van der Waals surface area contributed by atoms with Gasteiger partial charge in [-0.2, -0.15) is 0 Å². The van der Waals surface area contributed by atoms with Crippen LogP contribution in [0, 0.1) is 0 Å². The van der Waals surface area contributed by atoms with Gasteiger partial charge in [0.2, 0.25) is 5.96 Å². The van der Waals surface area contributed by atoms with E-state index in [1.54, 1.807) is 19.4 Å². The van der Waals surface area contributed by atoms with Gasteiger partial charge in [0.05, 0.1) is 18.5 Å². The van der Waals surface area contributed by atoms with E-state index in [0.29, 0.717) is 23.1 Å². The third-order valence-corrected chi connectivity index (χ3v) is 5.95. The van der Waals surface area contributed by atoms with Crippen LogP contribution in [0.25, 0.3) is 5.70 Å². The van der Waals surface area contributed by atoms with Gasteiger partial charge in [-0.1, -0.05) is 30.3 Å². The SMILES string of the molecule is COc1ccc(C2(c3ccc(O)cc3O)N=C3N=CC=C4c5ccccc5N=C2N43)cc1. The van der Waals surface area contributed by atoms with Gasteiger partial charge in [0.1, 0.15) is 17.2 Å². The van der Waals surface area contributed by atoms with Crippen LogP contribution in [0.4, 0.5) is 5.69 Å². The van der Waals surface area contributed by atoms with Crippen molar-refractivity contribution in [2.45, 2.75) is 5.54 Å². The molecule has 3 heterocycles. The maximum absolute atomic E-state index is 10.9. The van der Waals surface area contributed by atoms with Crippen LogP contribution < -0.4 is 4.74 Å². The number of allylic oxidation sites excluding steroid dienone is 1. The molecule has 0 amide bonds. The molecule has 1 unspecified atom stereocenters. The molecule has 3 aromatic carbocycles. The molecule has 3 aliphatic rings. The first kappa shape index (κ1) is 18.4. The molecule has 0 aromatic heterocycles. The summed E-state index contributed by atoms with van der Waals surface area (Å²) in [5.74, 6) is 1.69. The van der Waals surface area contributed by atoms with Crippen LogP contribution in [0.5, 0.6) is 17.2 Å². The summed E-state index contributed by atoms with van der Waals surface area (Å²) in [4.78, 5) is 16.5. The van der Waals surface area contributed by atoms with Gasteiger partial charge in [-0.25, -0.2) is 15.0 Å². The van der Waals surface area contributed by atoms with Gasteiger partial charge in [-0.3, -0.25) is 4.90 Å². The number of aliphatic imine (C=N–C) groups is 3. The minimum Gasteiger partial charge on any atom is -0.508 e. The van der Waals surface area contributed by atoms with E-state index in [1.807, 2.05) is 59.5 Å². The molecule has 2 N–H and O–H groups in total. The van der Waals surface area contributed by atoms with Gasteiger partial charge in [0.25, 0.3) is 0 Å². The Bertz CT molecular complexity index is 1390. The molecule has 32 heavy (non-hydrogen) atoms. The summed E-state index contributed by atoms with van der Waals surface area (Å²) in [7, 11) is 1.61. The predicted octanol–water partition coefficient (Wildman–Crippen LogP) is 4.19. The van der Waals surface area contributed by atoms with E-state index in [0.717, 1.165) is 22.5 Å². The summed E-state index contributed by atoms with van der Waals surface area (Å²) in [6.07, 6.45) is 3.67. The number of fused-ring (bicyclic) bond motifs is 2. The van der Waals surface area contributed by atoms with E-state index >= 15 is 0 Å². The van der Waals surface area contributed by atoms with Crippen LogP contribution >= 0.6 is 0 Å². The molecular weight excluding hydrogens is 404 g/mol. The molecule has 0 aliphatic carbocycles. The third kappa shape index (κ3) is 2.39. The Kier molecular flexibility index (Phi) is 3.76. The number of rotatable bonds is 3. The molecule has 0 radical (unpaired) electrons. The van der Waals surface area contributed by atoms with Gasteiger partial charge < -0.3 is 14.9 Å². The lowest BCUT2D eigenvalue weighted by molar-refractivity contribution is 0.414. The molecule has 1 atom stereocenters. The van der Waals surface area contributed by atoms with E-state index < -0.39 is 5.54 Å². The number of phenols is 2. The zero-order valence-corrected chi connectivity index (χ0v) is 17.1. The molecule has 0 saturated heterocycles. The summed E-state index contributed by atoms with van der Waals surface area (Å²) in [6.45, 7) is 0. The van der Waals surface area contributed by atoms with Gasteiger partial charge >= 0.3 is 0 Å². The summed E-state index contributed by atoms with van der Waals surface area (Å²) < 4.78 is 5.34. The second kappa shape index (κ2) is 6.55. The van der Waals surface area contributed by atoms with Gasteiger partial charge in [0, 0.05) is 23.4 Å². The van der Waals surface area contributed by atoms with Crippen LogP contribution in [0.2, 0.25) is 0 Å². The minimum absolute atomic E-state index is 0.0333. The average Bonchev–Trinajstić information content (AvgIpc) is 3.15. The molecule has 6 rings (SSSR count). The average molecular weight is 422 g/mol. The molecule has 3 aliphatic heterocycles. The highest BCUT2D eigenvalue weighted by Crippen LogP contribution is 2.51. The number of nitrogens with zero attached hydrogens (tertiary/aromatic N) is 4. The van der Waals surface area contributed by atoms with Crippen molar-refractivity contribution in [1.82, 2.24) is 4.90 Å². The minimum atomic E-state index is -1.17. The first-order valence-electron chi connectivity index (χ1n) is 10.1. The van der Waals surface area contributed by atoms with Crippen LogP contribution in [0.1, 0.15) is 16.7 Å². The van der Waals surface area contributed by atoms with Crippen LogP contribution in [-0.2, 0) is 5.54 Å². The predicted molar refractivity (Wildman–Crippen MR) is 123 cm³/mol. The number of para-hydroxylation sites is 1. The van der Waals surface area contributed by atoms with Crippen molar-refractivity contribution in [3.8, 4) is 17.2 Å². The first-order chi connectivity index (χ1) is 15.6. The van der Waals surface area contributed by atoms with E-state index in [-0.39, 0.29) is 11.5 Å². The highest BCUT2D eigenvalue weighted by Gasteiger charge is 2.53. The smallest absolute Gasteiger partial charge is 0.232 e. The van der Waals surface area contributed by atoms with Crippen molar-refractivity contribution in [2.75, 3.05) is 7.11 Å². The Balaban J connectivity index is 1.70. The number of hydrogen-bond donors (Lipinski definition) is 2. The molecule has 3 aromatic rings. The van der Waals surface area contributed by atoms with Crippen LogP contribution in [0.15, 0.2) is 87.8 Å². The Labute approximate surface area is 184 Å². The summed E-state index contributed by atoms with van der Waals surface area (Å²) in [5, 5.41) is 20.9. The molecule has 0 bridgehead atoms. The van der Waals surface area contributed by atoms with Gasteiger partial charge in [-0.15, -0.1) is 0 Å². The number of phenolic OH excluding ortho intramolecular Hbond substituents is 2. The van der Waals surface area contributed by atoms with E-state index in [1.165, 1.54) is 12.1 Å². The van der Waals surface area contributed by atoms with Gasteiger partial charge in [0.15, 0.2) is 11.4 Å². The largest absolute Gasteiger partial charge is 0.508 e. The second-order valence-corrected chi connectivity index (χ2v) is 7.67. The number of ether oxygens (including phenoxy) is 1. The van der Waals surface area contributed by atoms with Crippen molar-refractivity contribution >= 4 is 29.4 Å². The molecule has 7 nitrogen and oxygen atoms in total. The maximum atomic E-state index is 10.9. The lowest BCUT2D eigenvalue weighted by Gasteiger charge is -2.35. The summed E-state index contributed by atoms with van der Waals surface area (Å²) >= 11 is 0. The number of guanidine groups is 1.